The largest absolute Gasteiger partial charge is 0.338 e. The van der Waals surface area contributed by atoms with E-state index in [1.54, 1.807) is 46.7 Å². The number of carbonyl (C=O) groups excluding carboxylic acids is 2. The highest BCUT2D eigenvalue weighted by atomic mass is 35.5. The molecule has 8 heteroatoms. The number of aromatic nitrogens is 1. The molecule has 6 nitrogen and oxygen atoms in total. The zero-order valence-corrected chi connectivity index (χ0v) is 21.6. The van der Waals surface area contributed by atoms with E-state index >= 15 is 0 Å². The van der Waals surface area contributed by atoms with Gasteiger partial charge in [-0.15, -0.1) is 11.3 Å². The van der Waals surface area contributed by atoms with Gasteiger partial charge in [-0.3, -0.25) is 9.59 Å². The van der Waals surface area contributed by atoms with E-state index in [-0.39, 0.29) is 16.8 Å². The summed E-state index contributed by atoms with van der Waals surface area (Å²) in [5, 5.41) is 8.48. The molecule has 3 aromatic carbocycles. The molecule has 0 saturated heterocycles. The molecule has 0 radical (unpaired) electrons. The first-order valence-corrected chi connectivity index (χ1v) is 13.2. The second-order valence-corrected chi connectivity index (χ2v) is 10.1. The van der Waals surface area contributed by atoms with Gasteiger partial charge in [-0.1, -0.05) is 54.1 Å². The topological polar surface area (TPSA) is 74.3 Å². The van der Waals surface area contributed by atoms with Gasteiger partial charge in [0, 0.05) is 33.5 Å². The maximum atomic E-state index is 13.8. The first kappa shape index (κ1) is 23.9. The van der Waals surface area contributed by atoms with Gasteiger partial charge in [0.15, 0.2) is 0 Å². The van der Waals surface area contributed by atoms with Crippen molar-refractivity contribution in [3.63, 3.8) is 0 Å². The van der Waals surface area contributed by atoms with Crippen LogP contribution in [0.3, 0.4) is 0 Å². The SMILES string of the molecule is O=C(Nc1ccc(C(=O)N2Cc3cccnc3Nc3ccccc32)c(Cl)c1)c1ccccc1-c1cccs1. The average molecular weight is 537 g/mol. The zero-order valence-electron chi connectivity index (χ0n) is 20.0. The van der Waals surface area contributed by atoms with Crippen LogP contribution in [0.1, 0.15) is 26.3 Å². The van der Waals surface area contributed by atoms with Crippen LogP contribution in [0.25, 0.3) is 10.4 Å². The standard InChI is InChI=1S/C30H21ClN4O2S/c31-24-17-20(33-29(36)22-9-2-1-8-21(22)27-12-6-16-38-27)13-14-23(24)30(37)35-18-19-7-5-15-32-28(19)34-25-10-3-4-11-26(25)35/h1-17H,18H2,(H,32,34)(H,33,36). The van der Waals surface area contributed by atoms with Crippen molar-refractivity contribution in [2.45, 2.75) is 6.54 Å². The van der Waals surface area contributed by atoms with Crippen LogP contribution in [0.15, 0.2) is 103 Å². The van der Waals surface area contributed by atoms with E-state index in [1.165, 1.54) is 0 Å². The second-order valence-electron chi connectivity index (χ2n) is 8.72. The smallest absolute Gasteiger partial charge is 0.260 e. The number of anilines is 4. The number of nitrogens with one attached hydrogen (secondary N) is 2. The van der Waals surface area contributed by atoms with Gasteiger partial charge < -0.3 is 15.5 Å². The number of para-hydroxylation sites is 2. The minimum atomic E-state index is -0.249. The van der Waals surface area contributed by atoms with Gasteiger partial charge in [0.2, 0.25) is 0 Å². The van der Waals surface area contributed by atoms with E-state index in [0.29, 0.717) is 29.2 Å². The molecule has 3 heterocycles. The molecular formula is C30H21ClN4O2S. The molecule has 2 N–H and O–H groups in total. The molecule has 1 aliphatic rings. The summed E-state index contributed by atoms with van der Waals surface area (Å²) in [7, 11) is 0. The van der Waals surface area contributed by atoms with Crippen LogP contribution in [0.2, 0.25) is 5.02 Å². The molecule has 5 aromatic rings. The normalized spacial score (nSPS) is 12.1. The van der Waals surface area contributed by atoms with E-state index in [2.05, 4.69) is 15.6 Å². The van der Waals surface area contributed by atoms with Gasteiger partial charge in [-0.25, -0.2) is 4.98 Å². The maximum Gasteiger partial charge on any atom is 0.260 e. The number of hydrogen-bond donors (Lipinski definition) is 2. The zero-order chi connectivity index (χ0) is 26.1. The number of carbonyl (C=O) groups is 2. The Labute approximate surface area is 228 Å². The monoisotopic (exact) mass is 536 g/mol. The summed E-state index contributed by atoms with van der Waals surface area (Å²) in [6.45, 7) is 0.334. The number of hydrogen-bond acceptors (Lipinski definition) is 5. The van der Waals surface area contributed by atoms with Crippen molar-refractivity contribution in [3.8, 4) is 10.4 Å². The number of nitrogens with zero attached hydrogens (tertiary/aromatic N) is 2. The lowest BCUT2D eigenvalue weighted by Gasteiger charge is -2.23. The van der Waals surface area contributed by atoms with Crippen molar-refractivity contribution in [3.05, 3.63) is 124 Å². The van der Waals surface area contributed by atoms with E-state index < -0.39 is 0 Å². The molecule has 0 atom stereocenters. The van der Waals surface area contributed by atoms with Crippen LogP contribution in [0, 0.1) is 0 Å². The highest BCUT2D eigenvalue weighted by molar-refractivity contribution is 7.13. The summed E-state index contributed by atoms with van der Waals surface area (Å²) < 4.78 is 0. The summed E-state index contributed by atoms with van der Waals surface area (Å²) in [4.78, 5) is 34.1. The Morgan fingerprint density at radius 2 is 1.76 bits per heavy atom. The highest BCUT2D eigenvalue weighted by Crippen LogP contribution is 2.36. The molecule has 2 amide bonds. The number of halogens is 1. The number of thiophene rings is 1. The molecule has 6 rings (SSSR count). The van der Waals surface area contributed by atoms with E-state index in [4.69, 9.17) is 11.6 Å². The molecule has 0 fully saturated rings. The van der Waals surface area contributed by atoms with Crippen molar-refractivity contribution >= 4 is 57.6 Å². The summed E-state index contributed by atoms with van der Waals surface area (Å²) in [5.74, 6) is 0.213. The lowest BCUT2D eigenvalue weighted by atomic mass is 10.1. The molecule has 1 aliphatic heterocycles. The third kappa shape index (κ3) is 4.53. The third-order valence-electron chi connectivity index (χ3n) is 6.33. The fourth-order valence-electron chi connectivity index (χ4n) is 4.50. The van der Waals surface area contributed by atoms with E-state index in [9.17, 15) is 9.59 Å². The molecule has 186 valence electrons. The fourth-order valence-corrected chi connectivity index (χ4v) is 5.52. The Bertz CT molecular complexity index is 1670. The van der Waals surface area contributed by atoms with Crippen LogP contribution in [0.5, 0.6) is 0 Å². The third-order valence-corrected chi connectivity index (χ3v) is 7.54. The Hall–Kier alpha value is -4.46. The average Bonchev–Trinajstić information content (AvgIpc) is 3.42. The van der Waals surface area contributed by atoms with Crippen LogP contribution in [-0.2, 0) is 6.54 Å². The van der Waals surface area contributed by atoms with Gasteiger partial charge in [0.1, 0.15) is 5.82 Å². The lowest BCUT2D eigenvalue weighted by molar-refractivity contribution is 0.0984. The van der Waals surface area contributed by atoms with E-state index in [1.807, 2.05) is 72.1 Å². The number of rotatable bonds is 4. The highest BCUT2D eigenvalue weighted by Gasteiger charge is 2.27. The summed E-state index contributed by atoms with van der Waals surface area (Å²) in [6, 6.07) is 27.7. The van der Waals surface area contributed by atoms with Crippen molar-refractivity contribution in [2.75, 3.05) is 15.5 Å². The second kappa shape index (κ2) is 10.1. The van der Waals surface area contributed by atoms with Gasteiger partial charge in [-0.2, -0.15) is 0 Å². The molecule has 2 aromatic heterocycles. The van der Waals surface area contributed by atoms with Gasteiger partial charge >= 0.3 is 0 Å². The van der Waals surface area contributed by atoms with Gasteiger partial charge in [0.05, 0.1) is 28.5 Å². The minimum absolute atomic E-state index is 0.248. The molecule has 0 spiro atoms. The predicted octanol–water partition coefficient (Wildman–Crippen LogP) is 7.62. The number of pyridine rings is 1. The van der Waals surface area contributed by atoms with Gasteiger partial charge in [0.25, 0.3) is 11.8 Å². The summed E-state index contributed by atoms with van der Waals surface area (Å²) >= 11 is 8.20. The summed E-state index contributed by atoms with van der Waals surface area (Å²) in [6.07, 6.45) is 1.72. The molecular weight excluding hydrogens is 516 g/mol. The first-order chi connectivity index (χ1) is 18.6. The molecule has 0 unspecified atom stereocenters. The Kier molecular flexibility index (Phi) is 6.37. The molecule has 38 heavy (non-hydrogen) atoms. The fraction of sp³-hybridized carbons (Fsp3) is 0.0333. The van der Waals surface area contributed by atoms with Crippen molar-refractivity contribution in [1.29, 1.82) is 0 Å². The molecule has 0 aliphatic carbocycles. The predicted molar refractivity (Wildman–Crippen MR) is 154 cm³/mol. The summed E-state index contributed by atoms with van der Waals surface area (Å²) in [5.41, 5.74) is 4.67. The minimum Gasteiger partial charge on any atom is -0.338 e. The Morgan fingerprint density at radius 3 is 2.61 bits per heavy atom. The quantitative estimate of drug-likeness (QED) is 0.248. The Balaban J connectivity index is 1.28. The van der Waals surface area contributed by atoms with Crippen LogP contribution in [0.4, 0.5) is 22.9 Å². The number of fused-ring (bicyclic) bond motifs is 2. The van der Waals surface area contributed by atoms with Crippen LogP contribution < -0.4 is 15.5 Å². The van der Waals surface area contributed by atoms with Crippen molar-refractivity contribution in [1.82, 2.24) is 4.98 Å². The molecule has 0 bridgehead atoms. The lowest BCUT2D eigenvalue weighted by Crippen LogP contribution is -2.30. The van der Waals surface area contributed by atoms with Crippen molar-refractivity contribution < 1.29 is 9.59 Å². The van der Waals surface area contributed by atoms with Crippen LogP contribution in [-0.4, -0.2) is 16.8 Å². The number of benzene rings is 3. The number of amides is 2. The van der Waals surface area contributed by atoms with Crippen molar-refractivity contribution in [2.24, 2.45) is 0 Å². The van der Waals surface area contributed by atoms with E-state index in [0.717, 1.165) is 27.4 Å². The Morgan fingerprint density at radius 1 is 0.921 bits per heavy atom. The molecule has 0 saturated carbocycles. The van der Waals surface area contributed by atoms with Gasteiger partial charge in [-0.05, 0) is 53.9 Å². The maximum absolute atomic E-state index is 13.8. The first-order valence-electron chi connectivity index (χ1n) is 11.9. The van der Waals surface area contributed by atoms with Crippen LogP contribution >= 0.6 is 22.9 Å².